The van der Waals surface area contributed by atoms with Crippen LogP contribution in [0.3, 0.4) is 0 Å². The highest BCUT2D eigenvalue weighted by atomic mass is 16.3. The minimum absolute atomic E-state index is 0.0127. The molecular weight excluding hydrogens is 152 g/mol. The third kappa shape index (κ3) is 1.95. The van der Waals surface area contributed by atoms with E-state index in [-0.39, 0.29) is 12.0 Å². The maximum atomic E-state index is 10.4. The molecule has 1 saturated carbocycles. The number of rotatable bonds is 2. The summed E-state index contributed by atoms with van der Waals surface area (Å²) < 4.78 is 0. The molecule has 0 aromatic rings. The van der Waals surface area contributed by atoms with Crippen LogP contribution in [0, 0.1) is 11.8 Å². The van der Waals surface area contributed by atoms with Gasteiger partial charge in [-0.25, -0.2) is 0 Å². The molecule has 0 saturated heterocycles. The van der Waals surface area contributed by atoms with Gasteiger partial charge >= 0.3 is 0 Å². The molecule has 2 heteroatoms. The van der Waals surface area contributed by atoms with E-state index in [0.29, 0.717) is 11.5 Å². The second kappa shape index (κ2) is 3.85. The molecule has 12 heavy (non-hydrogen) atoms. The molecule has 1 fully saturated rings. The molecule has 0 amide bonds. The molecule has 68 valence electrons. The fourth-order valence-electron chi connectivity index (χ4n) is 1.87. The smallest absolute Gasteiger partial charge is 0.145 e. The maximum absolute atomic E-state index is 10.4. The summed E-state index contributed by atoms with van der Waals surface area (Å²) in [6.07, 6.45) is 3.21. The fraction of sp³-hybridized carbons (Fsp3) is 0.700. The van der Waals surface area contributed by atoms with Gasteiger partial charge < -0.3 is 5.11 Å². The van der Waals surface area contributed by atoms with Crippen molar-refractivity contribution >= 4 is 6.29 Å². The molecule has 1 rings (SSSR count). The monoisotopic (exact) mass is 168 g/mol. The Balaban J connectivity index is 2.55. The molecule has 0 spiro atoms. The summed E-state index contributed by atoms with van der Waals surface area (Å²) in [5, 5.41) is 9.62. The largest absolute Gasteiger partial charge is 0.392 e. The third-order valence-corrected chi connectivity index (χ3v) is 2.71. The van der Waals surface area contributed by atoms with Crippen molar-refractivity contribution in [1.29, 1.82) is 0 Å². The summed E-state index contributed by atoms with van der Waals surface area (Å²) in [6.45, 7) is 5.77. The van der Waals surface area contributed by atoms with E-state index in [0.717, 1.165) is 25.5 Å². The number of aliphatic hydroxyl groups excluding tert-OH is 1. The first-order valence-electron chi connectivity index (χ1n) is 4.47. The normalized spacial score (nSPS) is 36.0. The maximum Gasteiger partial charge on any atom is 0.145 e. The van der Waals surface area contributed by atoms with Gasteiger partial charge in [-0.2, -0.15) is 0 Å². The van der Waals surface area contributed by atoms with E-state index >= 15 is 0 Å². The van der Waals surface area contributed by atoms with Gasteiger partial charge in [-0.3, -0.25) is 4.79 Å². The highest BCUT2D eigenvalue weighted by molar-refractivity contribution is 5.73. The van der Waals surface area contributed by atoms with E-state index < -0.39 is 0 Å². The van der Waals surface area contributed by atoms with Crippen LogP contribution in [-0.2, 0) is 4.79 Å². The molecular formula is C10H16O2. The summed E-state index contributed by atoms with van der Waals surface area (Å²) in [5.74, 6) is 0.592. The van der Waals surface area contributed by atoms with Crippen molar-refractivity contribution in [2.24, 2.45) is 11.8 Å². The van der Waals surface area contributed by atoms with Crippen molar-refractivity contribution < 1.29 is 9.90 Å². The first-order valence-corrected chi connectivity index (χ1v) is 4.47. The Morgan fingerprint density at radius 3 is 2.75 bits per heavy atom. The third-order valence-electron chi connectivity index (χ3n) is 2.71. The minimum atomic E-state index is -0.355. The van der Waals surface area contributed by atoms with Crippen molar-refractivity contribution in [3.05, 3.63) is 12.2 Å². The van der Waals surface area contributed by atoms with E-state index in [9.17, 15) is 9.90 Å². The van der Waals surface area contributed by atoms with Gasteiger partial charge in [0, 0.05) is 5.92 Å². The molecule has 0 radical (unpaired) electrons. The average molecular weight is 168 g/mol. The highest BCUT2D eigenvalue weighted by Gasteiger charge is 2.28. The molecule has 3 unspecified atom stereocenters. The zero-order valence-electron chi connectivity index (χ0n) is 7.49. The minimum Gasteiger partial charge on any atom is -0.392 e. The first-order chi connectivity index (χ1) is 5.65. The number of aliphatic hydroxyl groups is 1. The average Bonchev–Trinajstić information content (AvgIpc) is 2.03. The Hall–Kier alpha value is -0.630. The predicted octanol–water partition coefficient (Wildman–Crippen LogP) is 1.54. The molecule has 0 aliphatic heterocycles. The zero-order valence-corrected chi connectivity index (χ0v) is 7.49. The van der Waals surface area contributed by atoms with Gasteiger partial charge in [-0.05, 0) is 30.8 Å². The van der Waals surface area contributed by atoms with Gasteiger partial charge in [0.1, 0.15) is 6.29 Å². The van der Waals surface area contributed by atoms with Crippen LogP contribution in [0.4, 0.5) is 0 Å². The fourth-order valence-corrected chi connectivity index (χ4v) is 1.87. The van der Waals surface area contributed by atoms with Crippen molar-refractivity contribution in [2.45, 2.75) is 32.3 Å². The van der Waals surface area contributed by atoms with Crippen molar-refractivity contribution in [3.63, 3.8) is 0 Å². The van der Waals surface area contributed by atoms with Crippen molar-refractivity contribution in [3.8, 4) is 0 Å². The zero-order chi connectivity index (χ0) is 9.14. The van der Waals surface area contributed by atoms with Gasteiger partial charge in [-0.1, -0.05) is 13.5 Å². The topological polar surface area (TPSA) is 37.3 Å². The van der Waals surface area contributed by atoms with E-state index in [1.165, 1.54) is 0 Å². The van der Waals surface area contributed by atoms with E-state index in [2.05, 4.69) is 13.5 Å². The molecule has 1 aliphatic rings. The van der Waals surface area contributed by atoms with Crippen molar-refractivity contribution in [2.75, 3.05) is 0 Å². The first kappa shape index (κ1) is 9.46. The number of carbonyl (C=O) groups excluding carboxylic acids is 1. The highest BCUT2D eigenvalue weighted by Crippen LogP contribution is 2.31. The lowest BCUT2D eigenvalue weighted by molar-refractivity contribution is -0.106. The van der Waals surface area contributed by atoms with Crippen LogP contribution >= 0.6 is 0 Å². The van der Waals surface area contributed by atoms with Crippen LogP contribution in [0.15, 0.2) is 12.2 Å². The van der Waals surface area contributed by atoms with Crippen LogP contribution in [-0.4, -0.2) is 17.5 Å². The van der Waals surface area contributed by atoms with Gasteiger partial charge in [0.25, 0.3) is 0 Å². The van der Waals surface area contributed by atoms with Crippen LogP contribution < -0.4 is 0 Å². The second-order valence-electron chi connectivity index (χ2n) is 3.78. The number of hydrogen-bond donors (Lipinski definition) is 1. The SMILES string of the molecule is C=C(C=O)C1CCC(C)CC1O. The molecule has 1 aliphatic carbocycles. The van der Waals surface area contributed by atoms with Gasteiger partial charge in [-0.15, -0.1) is 0 Å². The Kier molecular flexibility index (Phi) is 3.04. The summed E-state index contributed by atoms with van der Waals surface area (Å²) in [5.41, 5.74) is 0.550. The standard InChI is InChI=1S/C10H16O2/c1-7-3-4-9(8(2)6-11)10(12)5-7/h6-7,9-10,12H,2-5H2,1H3. The lowest BCUT2D eigenvalue weighted by atomic mass is 9.78. The van der Waals surface area contributed by atoms with Crippen molar-refractivity contribution in [1.82, 2.24) is 0 Å². The van der Waals surface area contributed by atoms with Gasteiger partial charge in [0.2, 0.25) is 0 Å². The van der Waals surface area contributed by atoms with Gasteiger partial charge in [0.05, 0.1) is 6.10 Å². The Labute approximate surface area is 73.3 Å². The second-order valence-corrected chi connectivity index (χ2v) is 3.78. The number of carbonyl (C=O) groups is 1. The van der Waals surface area contributed by atoms with Crippen LogP contribution in [0.1, 0.15) is 26.2 Å². The molecule has 0 heterocycles. The van der Waals surface area contributed by atoms with E-state index in [1.807, 2.05) is 0 Å². The summed E-state index contributed by atoms with van der Waals surface area (Å²) in [6, 6.07) is 0. The van der Waals surface area contributed by atoms with Gasteiger partial charge in [0.15, 0.2) is 0 Å². The predicted molar refractivity (Wildman–Crippen MR) is 47.7 cm³/mol. The Morgan fingerprint density at radius 2 is 2.25 bits per heavy atom. The molecule has 0 aromatic heterocycles. The van der Waals surface area contributed by atoms with Crippen LogP contribution in [0.25, 0.3) is 0 Å². The quantitative estimate of drug-likeness (QED) is 0.501. The molecule has 0 bridgehead atoms. The summed E-state index contributed by atoms with van der Waals surface area (Å²) in [7, 11) is 0. The van der Waals surface area contributed by atoms with Crippen LogP contribution in [0.2, 0.25) is 0 Å². The summed E-state index contributed by atoms with van der Waals surface area (Å²) in [4.78, 5) is 10.4. The lowest BCUT2D eigenvalue weighted by Gasteiger charge is -2.31. The number of aldehydes is 1. The Bertz CT molecular complexity index is 186. The molecule has 3 atom stereocenters. The van der Waals surface area contributed by atoms with E-state index in [1.54, 1.807) is 0 Å². The summed E-state index contributed by atoms with van der Waals surface area (Å²) >= 11 is 0. The molecule has 2 nitrogen and oxygen atoms in total. The Morgan fingerprint density at radius 1 is 1.58 bits per heavy atom. The molecule has 0 aromatic carbocycles. The number of hydrogen-bond acceptors (Lipinski definition) is 2. The molecule has 1 N–H and O–H groups in total. The van der Waals surface area contributed by atoms with Crippen LogP contribution in [0.5, 0.6) is 0 Å². The lowest BCUT2D eigenvalue weighted by Crippen LogP contribution is -2.29. The van der Waals surface area contributed by atoms with E-state index in [4.69, 9.17) is 0 Å².